The fourth-order valence-corrected chi connectivity index (χ4v) is 1.24. The number of nitrogens with zero attached hydrogens (tertiary/aromatic N) is 2. The van der Waals surface area contributed by atoms with Crippen LogP contribution in [0.25, 0.3) is 0 Å². The zero-order chi connectivity index (χ0) is 12.2. The van der Waals surface area contributed by atoms with Crippen molar-refractivity contribution >= 4 is 5.91 Å². The summed E-state index contributed by atoms with van der Waals surface area (Å²) >= 11 is 0. The number of aromatic amines is 1. The standard InChI is InChI=1S/C10H18N4O2/c1-5-10(3,16-4)9(15)13-7(2)8-11-6-12-14-8/h6-7H,5H2,1-4H3,(H,13,15)(H,11,12,14). The van der Waals surface area contributed by atoms with E-state index in [2.05, 4.69) is 20.5 Å². The quantitative estimate of drug-likeness (QED) is 0.778. The predicted molar refractivity (Wildman–Crippen MR) is 58.6 cm³/mol. The van der Waals surface area contributed by atoms with Crippen molar-refractivity contribution in [3.8, 4) is 0 Å². The van der Waals surface area contributed by atoms with E-state index in [-0.39, 0.29) is 11.9 Å². The maximum atomic E-state index is 11.9. The number of carbonyl (C=O) groups is 1. The normalized spacial score (nSPS) is 16.5. The molecule has 0 spiro atoms. The smallest absolute Gasteiger partial charge is 0.252 e. The van der Waals surface area contributed by atoms with Crippen molar-refractivity contribution in [1.82, 2.24) is 20.5 Å². The van der Waals surface area contributed by atoms with Gasteiger partial charge in [-0.3, -0.25) is 9.89 Å². The number of H-pyrrole nitrogens is 1. The Labute approximate surface area is 94.8 Å². The van der Waals surface area contributed by atoms with E-state index in [0.717, 1.165) is 0 Å². The molecule has 0 radical (unpaired) electrons. The number of methoxy groups -OCH3 is 1. The Morgan fingerprint density at radius 2 is 2.44 bits per heavy atom. The van der Waals surface area contributed by atoms with Crippen molar-refractivity contribution in [2.45, 2.75) is 38.8 Å². The molecule has 0 saturated heterocycles. The first-order valence-electron chi connectivity index (χ1n) is 5.25. The van der Waals surface area contributed by atoms with Crippen molar-refractivity contribution in [2.24, 2.45) is 0 Å². The van der Waals surface area contributed by atoms with Crippen molar-refractivity contribution in [2.75, 3.05) is 7.11 Å². The van der Waals surface area contributed by atoms with Gasteiger partial charge in [0.2, 0.25) is 0 Å². The molecule has 1 aromatic heterocycles. The number of amides is 1. The first-order valence-corrected chi connectivity index (χ1v) is 5.25. The summed E-state index contributed by atoms with van der Waals surface area (Å²) in [5.74, 6) is 0.476. The zero-order valence-corrected chi connectivity index (χ0v) is 10.1. The molecular formula is C10H18N4O2. The highest BCUT2D eigenvalue weighted by atomic mass is 16.5. The highest BCUT2D eigenvalue weighted by molar-refractivity contribution is 5.84. The van der Waals surface area contributed by atoms with E-state index in [4.69, 9.17) is 4.74 Å². The van der Waals surface area contributed by atoms with E-state index in [9.17, 15) is 4.79 Å². The molecule has 90 valence electrons. The molecule has 1 aromatic rings. The summed E-state index contributed by atoms with van der Waals surface area (Å²) < 4.78 is 5.21. The van der Waals surface area contributed by atoms with E-state index < -0.39 is 5.60 Å². The van der Waals surface area contributed by atoms with Crippen LogP contribution in [0.4, 0.5) is 0 Å². The van der Waals surface area contributed by atoms with Crippen molar-refractivity contribution in [3.05, 3.63) is 12.2 Å². The van der Waals surface area contributed by atoms with Crippen LogP contribution in [0.5, 0.6) is 0 Å². The Morgan fingerprint density at radius 3 is 2.88 bits per heavy atom. The molecule has 16 heavy (non-hydrogen) atoms. The van der Waals surface area contributed by atoms with Crippen LogP contribution in [0, 0.1) is 0 Å². The minimum absolute atomic E-state index is 0.151. The van der Waals surface area contributed by atoms with Gasteiger partial charge in [0, 0.05) is 7.11 Å². The lowest BCUT2D eigenvalue weighted by Crippen LogP contribution is -2.46. The minimum Gasteiger partial charge on any atom is -0.369 e. The van der Waals surface area contributed by atoms with Crippen molar-refractivity contribution in [3.63, 3.8) is 0 Å². The van der Waals surface area contributed by atoms with Crippen molar-refractivity contribution in [1.29, 1.82) is 0 Å². The molecule has 0 aliphatic rings. The maximum Gasteiger partial charge on any atom is 0.252 e. The van der Waals surface area contributed by atoms with E-state index >= 15 is 0 Å². The summed E-state index contributed by atoms with van der Waals surface area (Å²) in [7, 11) is 1.53. The molecule has 2 unspecified atom stereocenters. The molecule has 0 saturated carbocycles. The topological polar surface area (TPSA) is 79.9 Å². The molecule has 0 bridgehead atoms. The van der Waals surface area contributed by atoms with Crippen LogP contribution in [0.15, 0.2) is 6.33 Å². The molecule has 0 fully saturated rings. The molecule has 0 aliphatic heterocycles. The second-order valence-corrected chi connectivity index (χ2v) is 3.85. The van der Waals surface area contributed by atoms with Crippen LogP contribution in [-0.4, -0.2) is 33.8 Å². The first kappa shape index (κ1) is 12.6. The lowest BCUT2D eigenvalue weighted by molar-refractivity contribution is -0.142. The second kappa shape index (κ2) is 5.07. The second-order valence-electron chi connectivity index (χ2n) is 3.85. The minimum atomic E-state index is -0.797. The molecule has 1 heterocycles. The third-order valence-corrected chi connectivity index (χ3v) is 2.80. The van der Waals surface area contributed by atoms with Crippen LogP contribution in [-0.2, 0) is 9.53 Å². The maximum absolute atomic E-state index is 11.9. The number of aromatic nitrogens is 3. The first-order chi connectivity index (χ1) is 7.53. The van der Waals surface area contributed by atoms with Gasteiger partial charge in [-0.25, -0.2) is 4.98 Å². The SMILES string of the molecule is CCC(C)(OC)C(=O)NC(C)c1ncn[nH]1. The third kappa shape index (κ3) is 2.57. The lowest BCUT2D eigenvalue weighted by atomic mass is 10.0. The molecular weight excluding hydrogens is 208 g/mol. The van der Waals surface area contributed by atoms with Gasteiger partial charge < -0.3 is 10.1 Å². The fourth-order valence-electron chi connectivity index (χ4n) is 1.24. The lowest BCUT2D eigenvalue weighted by Gasteiger charge is -2.26. The Hall–Kier alpha value is -1.43. The molecule has 6 heteroatoms. The Bertz CT molecular complexity index is 333. The van der Waals surface area contributed by atoms with Gasteiger partial charge in [0.05, 0.1) is 6.04 Å². The van der Waals surface area contributed by atoms with Crippen LogP contribution in [0.3, 0.4) is 0 Å². The molecule has 1 rings (SSSR count). The van der Waals surface area contributed by atoms with Crippen LogP contribution in [0.1, 0.15) is 39.1 Å². The average molecular weight is 226 g/mol. The molecule has 6 nitrogen and oxygen atoms in total. The Balaban J connectivity index is 2.64. The monoisotopic (exact) mass is 226 g/mol. The van der Waals surface area contributed by atoms with Gasteiger partial charge in [-0.1, -0.05) is 6.92 Å². The number of hydrogen-bond donors (Lipinski definition) is 2. The number of hydrogen-bond acceptors (Lipinski definition) is 4. The van der Waals surface area contributed by atoms with Crippen LogP contribution >= 0.6 is 0 Å². The van der Waals surface area contributed by atoms with Gasteiger partial charge >= 0.3 is 0 Å². The van der Waals surface area contributed by atoms with Crippen molar-refractivity contribution < 1.29 is 9.53 Å². The third-order valence-electron chi connectivity index (χ3n) is 2.80. The molecule has 0 aromatic carbocycles. The van der Waals surface area contributed by atoms with Gasteiger partial charge in [-0.05, 0) is 20.3 Å². The van der Waals surface area contributed by atoms with Gasteiger partial charge in [0.1, 0.15) is 17.8 Å². The van der Waals surface area contributed by atoms with Gasteiger partial charge in [-0.15, -0.1) is 0 Å². The summed E-state index contributed by atoms with van der Waals surface area (Å²) in [6.45, 7) is 5.50. The van der Waals surface area contributed by atoms with Crippen LogP contribution in [0.2, 0.25) is 0 Å². The van der Waals surface area contributed by atoms with Gasteiger partial charge in [-0.2, -0.15) is 5.10 Å². The highest BCUT2D eigenvalue weighted by Gasteiger charge is 2.32. The molecule has 0 aliphatic carbocycles. The number of rotatable bonds is 5. The molecule has 2 N–H and O–H groups in total. The van der Waals surface area contributed by atoms with Gasteiger partial charge in [0.15, 0.2) is 0 Å². The van der Waals surface area contributed by atoms with Gasteiger partial charge in [0.25, 0.3) is 5.91 Å². The summed E-state index contributed by atoms with van der Waals surface area (Å²) in [6, 6.07) is -0.212. The largest absolute Gasteiger partial charge is 0.369 e. The summed E-state index contributed by atoms with van der Waals surface area (Å²) in [6.07, 6.45) is 2.02. The van der Waals surface area contributed by atoms with E-state index in [0.29, 0.717) is 12.2 Å². The van der Waals surface area contributed by atoms with Crippen LogP contribution < -0.4 is 5.32 Å². The number of carbonyl (C=O) groups excluding carboxylic acids is 1. The fraction of sp³-hybridized carbons (Fsp3) is 0.700. The zero-order valence-electron chi connectivity index (χ0n) is 10.1. The summed E-state index contributed by atoms with van der Waals surface area (Å²) in [4.78, 5) is 15.9. The van der Waals surface area contributed by atoms with E-state index in [1.165, 1.54) is 13.4 Å². The molecule has 1 amide bonds. The Kier molecular flexibility index (Phi) is 4.00. The average Bonchev–Trinajstić information content (AvgIpc) is 2.81. The summed E-state index contributed by atoms with van der Waals surface area (Å²) in [5.41, 5.74) is -0.797. The Morgan fingerprint density at radius 1 is 1.75 bits per heavy atom. The van der Waals surface area contributed by atoms with E-state index in [1.54, 1.807) is 6.92 Å². The van der Waals surface area contributed by atoms with E-state index in [1.807, 2.05) is 13.8 Å². The number of nitrogens with one attached hydrogen (secondary N) is 2. The molecule has 2 atom stereocenters. The number of ether oxygens (including phenoxy) is 1. The highest BCUT2D eigenvalue weighted by Crippen LogP contribution is 2.16. The summed E-state index contributed by atoms with van der Waals surface area (Å²) in [5, 5.41) is 9.27. The predicted octanol–water partition coefficient (Wildman–Crippen LogP) is 0.797.